The lowest BCUT2D eigenvalue weighted by Crippen LogP contribution is -2.28. The molecular formula is C22H23FN4O2. The van der Waals surface area contributed by atoms with Crippen molar-refractivity contribution in [3.05, 3.63) is 71.7 Å². The highest BCUT2D eigenvalue weighted by atomic mass is 19.1. The highest BCUT2D eigenvalue weighted by Gasteiger charge is 2.17. The van der Waals surface area contributed by atoms with Crippen molar-refractivity contribution in [2.24, 2.45) is 0 Å². The highest BCUT2D eigenvalue weighted by molar-refractivity contribution is 5.88. The number of anilines is 2. The molecule has 1 heterocycles. The van der Waals surface area contributed by atoms with Gasteiger partial charge in [-0.2, -0.15) is 0 Å². The van der Waals surface area contributed by atoms with Crippen molar-refractivity contribution in [2.75, 3.05) is 24.7 Å². The molecule has 1 aromatic heterocycles. The number of nitrogen functional groups attached to an aromatic ring is 1. The summed E-state index contributed by atoms with van der Waals surface area (Å²) < 4.78 is 20.7. The van der Waals surface area contributed by atoms with Crippen molar-refractivity contribution in [2.45, 2.75) is 13.3 Å². The second kappa shape index (κ2) is 9.05. The lowest BCUT2D eigenvalue weighted by atomic mass is 9.97. The van der Waals surface area contributed by atoms with Gasteiger partial charge in [-0.15, -0.1) is 0 Å². The molecule has 2 aromatic carbocycles. The number of nitrogens with one attached hydrogen (secondary N) is 2. The molecule has 0 radical (unpaired) electrons. The first-order valence-electron chi connectivity index (χ1n) is 9.23. The topological polar surface area (TPSA) is 89.3 Å². The van der Waals surface area contributed by atoms with Gasteiger partial charge in [-0.25, -0.2) is 14.2 Å². The summed E-state index contributed by atoms with van der Waals surface area (Å²) in [6.07, 6.45) is 1.96. The van der Waals surface area contributed by atoms with E-state index in [1.807, 2.05) is 6.92 Å². The van der Waals surface area contributed by atoms with Crippen LogP contribution in [0.25, 0.3) is 11.1 Å². The Morgan fingerprint density at radius 3 is 2.69 bits per heavy atom. The van der Waals surface area contributed by atoms with Crippen molar-refractivity contribution in [3.8, 4) is 16.9 Å². The van der Waals surface area contributed by atoms with Crippen LogP contribution >= 0.6 is 0 Å². The summed E-state index contributed by atoms with van der Waals surface area (Å²) in [5.74, 6) is 0.506. The molecule has 2 amide bonds. The largest absolute Gasteiger partial charge is 0.496 e. The third-order valence-corrected chi connectivity index (χ3v) is 4.38. The van der Waals surface area contributed by atoms with Gasteiger partial charge in [0.15, 0.2) is 0 Å². The van der Waals surface area contributed by atoms with Gasteiger partial charge in [0.05, 0.1) is 12.7 Å². The number of hydrogen-bond acceptors (Lipinski definition) is 4. The number of rotatable bonds is 6. The zero-order valence-corrected chi connectivity index (χ0v) is 16.3. The molecule has 0 spiro atoms. The Morgan fingerprint density at radius 1 is 1.21 bits per heavy atom. The van der Waals surface area contributed by atoms with Gasteiger partial charge in [-0.1, -0.05) is 24.3 Å². The molecule has 4 N–H and O–H groups in total. The van der Waals surface area contributed by atoms with Gasteiger partial charge in [0.25, 0.3) is 0 Å². The number of hydrogen-bond donors (Lipinski definition) is 3. The first-order valence-corrected chi connectivity index (χ1v) is 9.23. The number of halogens is 1. The van der Waals surface area contributed by atoms with Gasteiger partial charge < -0.3 is 15.8 Å². The molecule has 0 aliphatic heterocycles. The van der Waals surface area contributed by atoms with Crippen LogP contribution < -0.4 is 21.1 Å². The number of methoxy groups -OCH3 is 1. The van der Waals surface area contributed by atoms with E-state index in [2.05, 4.69) is 15.6 Å². The van der Waals surface area contributed by atoms with E-state index in [-0.39, 0.29) is 11.8 Å². The maximum absolute atomic E-state index is 15.4. The first kappa shape index (κ1) is 20.1. The molecule has 7 heteroatoms. The summed E-state index contributed by atoms with van der Waals surface area (Å²) in [6.45, 7) is 2.35. The van der Waals surface area contributed by atoms with E-state index in [0.29, 0.717) is 46.9 Å². The molecule has 0 atom stereocenters. The molecule has 150 valence electrons. The van der Waals surface area contributed by atoms with Crippen molar-refractivity contribution in [3.63, 3.8) is 0 Å². The predicted octanol–water partition coefficient (Wildman–Crippen LogP) is 4.21. The van der Waals surface area contributed by atoms with Crippen LogP contribution in [0.3, 0.4) is 0 Å². The van der Waals surface area contributed by atoms with Gasteiger partial charge in [0.1, 0.15) is 17.4 Å². The van der Waals surface area contributed by atoms with Crippen molar-refractivity contribution >= 4 is 17.5 Å². The van der Waals surface area contributed by atoms with Crippen LogP contribution in [0, 0.1) is 5.82 Å². The zero-order valence-electron chi connectivity index (χ0n) is 16.3. The SMILES string of the molecule is CCNC(=O)Nc1ccc(Cc2ccc(OC)c(-c3cccc(N)c3)c2F)cn1. The highest BCUT2D eigenvalue weighted by Crippen LogP contribution is 2.35. The number of ether oxygens (including phenoxy) is 1. The minimum Gasteiger partial charge on any atom is -0.496 e. The Hall–Kier alpha value is -3.61. The van der Waals surface area contributed by atoms with E-state index in [9.17, 15) is 4.79 Å². The number of carbonyl (C=O) groups is 1. The van der Waals surface area contributed by atoms with E-state index >= 15 is 4.39 Å². The van der Waals surface area contributed by atoms with Crippen LogP contribution in [0.4, 0.5) is 20.7 Å². The Balaban J connectivity index is 1.86. The second-order valence-electron chi connectivity index (χ2n) is 6.45. The van der Waals surface area contributed by atoms with Crippen LogP contribution in [-0.2, 0) is 6.42 Å². The smallest absolute Gasteiger partial charge is 0.320 e. The van der Waals surface area contributed by atoms with Gasteiger partial charge in [-0.3, -0.25) is 5.32 Å². The van der Waals surface area contributed by atoms with Crippen molar-refractivity contribution in [1.82, 2.24) is 10.3 Å². The average molecular weight is 394 g/mol. The molecule has 0 fully saturated rings. The Bertz CT molecular complexity index is 1010. The molecule has 0 saturated carbocycles. The van der Waals surface area contributed by atoms with Gasteiger partial charge in [0.2, 0.25) is 0 Å². The fraction of sp³-hybridized carbons (Fsp3) is 0.182. The monoisotopic (exact) mass is 394 g/mol. The molecule has 29 heavy (non-hydrogen) atoms. The van der Waals surface area contributed by atoms with Crippen LogP contribution in [0.15, 0.2) is 54.7 Å². The number of aromatic nitrogens is 1. The number of pyridine rings is 1. The third-order valence-electron chi connectivity index (χ3n) is 4.38. The second-order valence-corrected chi connectivity index (χ2v) is 6.45. The Labute approximate surface area is 168 Å². The molecular weight excluding hydrogens is 371 g/mol. The lowest BCUT2D eigenvalue weighted by molar-refractivity contribution is 0.252. The predicted molar refractivity (Wildman–Crippen MR) is 113 cm³/mol. The molecule has 0 unspecified atom stereocenters. The molecule has 0 saturated heterocycles. The number of benzene rings is 2. The number of nitrogens with zero attached hydrogens (tertiary/aromatic N) is 1. The molecule has 3 rings (SSSR count). The normalized spacial score (nSPS) is 10.4. The van der Waals surface area contributed by atoms with E-state index in [0.717, 1.165) is 5.56 Å². The summed E-state index contributed by atoms with van der Waals surface area (Å²) in [5.41, 5.74) is 8.76. The van der Waals surface area contributed by atoms with Gasteiger partial charge >= 0.3 is 6.03 Å². The van der Waals surface area contributed by atoms with Crippen LogP contribution in [-0.4, -0.2) is 24.7 Å². The quantitative estimate of drug-likeness (QED) is 0.547. The molecule has 0 aliphatic carbocycles. The summed E-state index contributed by atoms with van der Waals surface area (Å²) in [7, 11) is 1.51. The molecule has 0 bridgehead atoms. The van der Waals surface area contributed by atoms with Crippen molar-refractivity contribution in [1.29, 1.82) is 0 Å². The molecule has 0 aliphatic rings. The Kier molecular flexibility index (Phi) is 6.29. The van der Waals surface area contributed by atoms with Crippen LogP contribution in [0.5, 0.6) is 5.75 Å². The van der Waals surface area contributed by atoms with E-state index in [1.165, 1.54) is 7.11 Å². The summed E-state index contributed by atoms with van der Waals surface area (Å²) in [5, 5.41) is 5.26. The minimum atomic E-state index is -0.362. The lowest BCUT2D eigenvalue weighted by Gasteiger charge is -2.14. The summed E-state index contributed by atoms with van der Waals surface area (Å²) >= 11 is 0. The number of urea groups is 1. The molecule has 3 aromatic rings. The fourth-order valence-electron chi connectivity index (χ4n) is 3.02. The molecule has 6 nitrogen and oxygen atoms in total. The minimum absolute atomic E-state index is 0.319. The zero-order chi connectivity index (χ0) is 20.8. The average Bonchev–Trinajstić information content (AvgIpc) is 2.71. The number of carbonyl (C=O) groups excluding carboxylic acids is 1. The van der Waals surface area contributed by atoms with E-state index in [4.69, 9.17) is 10.5 Å². The fourth-order valence-corrected chi connectivity index (χ4v) is 3.02. The van der Waals surface area contributed by atoms with E-state index < -0.39 is 0 Å². The maximum Gasteiger partial charge on any atom is 0.320 e. The van der Waals surface area contributed by atoms with Gasteiger partial charge in [0, 0.05) is 24.8 Å². The number of amides is 2. The number of nitrogens with two attached hydrogens (primary N) is 1. The maximum atomic E-state index is 15.4. The summed E-state index contributed by atoms with van der Waals surface area (Å²) in [4.78, 5) is 15.8. The van der Waals surface area contributed by atoms with E-state index in [1.54, 1.807) is 54.7 Å². The first-order chi connectivity index (χ1) is 14.0. The third kappa shape index (κ3) is 4.82. The van der Waals surface area contributed by atoms with Crippen LogP contribution in [0.2, 0.25) is 0 Å². The van der Waals surface area contributed by atoms with Crippen LogP contribution in [0.1, 0.15) is 18.1 Å². The van der Waals surface area contributed by atoms with Gasteiger partial charge in [-0.05, 0) is 47.9 Å². The standard InChI is InChI=1S/C22H23FN4O2/c1-3-25-22(28)27-19-10-7-14(13-26-19)11-16-8-9-18(29-2)20(21(16)23)15-5-4-6-17(24)12-15/h4-10,12-13H,3,11,24H2,1-2H3,(H2,25,26,27,28). The Morgan fingerprint density at radius 2 is 2.03 bits per heavy atom. The van der Waals surface area contributed by atoms with Crippen molar-refractivity contribution < 1.29 is 13.9 Å². The summed E-state index contributed by atoms with van der Waals surface area (Å²) in [6, 6.07) is 13.7.